The Kier molecular flexibility index (Phi) is 8.96. The number of nitrogens with one attached hydrogen (secondary N) is 2. The van der Waals surface area contributed by atoms with Crippen LogP contribution in [0.1, 0.15) is 84.9 Å². The van der Waals surface area contributed by atoms with E-state index in [4.69, 9.17) is 5.73 Å². The number of carbonyl (C=O) groups is 5. The van der Waals surface area contributed by atoms with Crippen molar-refractivity contribution < 1.29 is 28.4 Å². The molecule has 3 unspecified atom stereocenters. The van der Waals surface area contributed by atoms with E-state index in [1.54, 1.807) is 0 Å². The number of fused-ring (bicyclic) bond motifs is 3. The van der Waals surface area contributed by atoms with E-state index in [9.17, 15) is 24.0 Å². The average molecular weight is 692 g/mol. The summed E-state index contributed by atoms with van der Waals surface area (Å²) in [6.45, 7) is 6.37. The van der Waals surface area contributed by atoms with Crippen LogP contribution in [0.4, 0.5) is 10.1 Å². The standard InChI is InChI=1S/C37H50FN7O5/c38-28-17-26-27(36(50)45(35(26)49)30-1-2-32(46)41-33(30)47)18-31(28)43-11-13-44(14-12-43)34(48)22-4-8-42(9-5-22)10-7-40-29-16-23-3-6-37(21-39)19-24(23)15-25(29)20-37/h17-18,22-25,29-30,40H,1-16,19-21,39H2,(H,41,46,47)/t23?,24?,25-,29+,30?,37-/m1/s1. The number of imide groups is 2. The number of anilines is 1. The molecule has 3 saturated heterocycles. The van der Waals surface area contributed by atoms with Crippen LogP contribution >= 0.6 is 0 Å². The van der Waals surface area contributed by atoms with Gasteiger partial charge in [0.25, 0.3) is 11.8 Å². The van der Waals surface area contributed by atoms with E-state index in [1.807, 2.05) is 9.80 Å². The van der Waals surface area contributed by atoms with Gasteiger partial charge in [0.2, 0.25) is 17.7 Å². The lowest BCUT2D eigenvalue weighted by Crippen LogP contribution is -2.56. The van der Waals surface area contributed by atoms with E-state index in [0.29, 0.717) is 37.6 Å². The fourth-order valence-electron chi connectivity index (χ4n) is 10.7. The molecule has 1 aromatic rings. The smallest absolute Gasteiger partial charge is 0.262 e. The van der Waals surface area contributed by atoms with Gasteiger partial charge in [0.15, 0.2) is 0 Å². The summed E-state index contributed by atoms with van der Waals surface area (Å²) in [5.74, 6) is -0.514. The van der Waals surface area contributed by atoms with Crippen molar-refractivity contribution in [2.75, 3.05) is 63.8 Å². The minimum Gasteiger partial charge on any atom is -0.366 e. The molecule has 8 rings (SSSR count). The highest BCUT2D eigenvalue weighted by Crippen LogP contribution is 2.57. The van der Waals surface area contributed by atoms with Gasteiger partial charge >= 0.3 is 0 Å². The Morgan fingerprint density at radius 3 is 2.34 bits per heavy atom. The predicted molar refractivity (Wildman–Crippen MR) is 182 cm³/mol. The monoisotopic (exact) mass is 691 g/mol. The molecular formula is C37H50FN7O5. The number of piperazine rings is 1. The minimum atomic E-state index is -1.11. The van der Waals surface area contributed by atoms with Crippen LogP contribution in [0.25, 0.3) is 0 Å². The molecule has 5 amide bonds. The number of nitrogens with zero attached hydrogens (tertiary/aromatic N) is 4. The Morgan fingerprint density at radius 1 is 0.900 bits per heavy atom. The second-order valence-electron chi connectivity index (χ2n) is 16.2. The minimum absolute atomic E-state index is 0.00935. The highest BCUT2D eigenvalue weighted by molar-refractivity contribution is 6.23. The van der Waals surface area contributed by atoms with Crippen molar-refractivity contribution in [2.24, 2.45) is 34.8 Å². The summed E-state index contributed by atoms with van der Waals surface area (Å²) < 4.78 is 15.4. The van der Waals surface area contributed by atoms with Crippen molar-refractivity contribution in [3.05, 3.63) is 29.1 Å². The zero-order chi connectivity index (χ0) is 34.7. The molecule has 3 saturated carbocycles. The molecule has 3 aliphatic carbocycles. The van der Waals surface area contributed by atoms with Crippen molar-refractivity contribution in [3.63, 3.8) is 0 Å². The lowest BCUT2D eigenvalue weighted by Gasteiger charge is -2.57. The van der Waals surface area contributed by atoms with Gasteiger partial charge in [-0.25, -0.2) is 4.39 Å². The number of nitrogens with two attached hydrogens (primary N) is 1. The second kappa shape index (κ2) is 13.3. The van der Waals surface area contributed by atoms with E-state index in [-0.39, 0.29) is 41.5 Å². The van der Waals surface area contributed by atoms with E-state index in [0.717, 1.165) is 74.3 Å². The fraction of sp³-hybridized carbons (Fsp3) is 0.703. The Balaban J connectivity index is 0.800. The molecule has 0 spiro atoms. The summed E-state index contributed by atoms with van der Waals surface area (Å²) in [6.07, 6.45) is 9.75. The second-order valence-corrected chi connectivity index (χ2v) is 16.2. The number of carbonyl (C=O) groups excluding carboxylic acids is 5. The molecular weight excluding hydrogens is 641 g/mol. The molecule has 4 aliphatic heterocycles. The Hall–Kier alpha value is -3.42. The summed E-state index contributed by atoms with van der Waals surface area (Å²) in [7, 11) is 0. The Labute approximate surface area is 292 Å². The molecule has 4 N–H and O–H groups in total. The number of halogens is 1. The van der Waals surface area contributed by atoms with Gasteiger partial charge < -0.3 is 25.8 Å². The van der Waals surface area contributed by atoms with E-state index in [1.165, 1.54) is 44.6 Å². The lowest BCUT2D eigenvalue weighted by atomic mass is 9.50. The normalized spacial score (nSPS) is 33.2. The summed E-state index contributed by atoms with van der Waals surface area (Å²) >= 11 is 0. The van der Waals surface area contributed by atoms with Crippen LogP contribution < -0.4 is 21.3 Å². The molecule has 3 bridgehead atoms. The van der Waals surface area contributed by atoms with E-state index >= 15 is 4.39 Å². The van der Waals surface area contributed by atoms with Gasteiger partial charge in [-0.2, -0.15) is 0 Å². The SMILES string of the molecule is NC[C@]12CCC3C[C@H](NCCN4CCC(C(=O)N5CCN(c6cc7c(cc6F)C(=O)N(C6CCC(=O)NC6=O)C7=O)CC5)CC4)[C@H](CC3C1)C2. The quantitative estimate of drug-likeness (QED) is 0.347. The first-order chi connectivity index (χ1) is 24.1. The first kappa shape index (κ1) is 33.7. The number of hydrogen-bond donors (Lipinski definition) is 3. The van der Waals surface area contributed by atoms with Crippen LogP contribution in [0.2, 0.25) is 0 Å². The van der Waals surface area contributed by atoms with Crippen LogP contribution in [0, 0.1) is 34.9 Å². The first-order valence-corrected chi connectivity index (χ1v) is 18.9. The number of hydrogen-bond acceptors (Lipinski definition) is 9. The molecule has 12 nitrogen and oxygen atoms in total. The number of likely N-dealkylation sites (tertiary alicyclic amines) is 1. The highest BCUT2D eigenvalue weighted by Gasteiger charge is 2.51. The van der Waals surface area contributed by atoms with Crippen LogP contribution in [0.5, 0.6) is 0 Å². The van der Waals surface area contributed by atoms with Crippen LogP contribution in [-0.4, -0.2) is 115 Å². The van der Waals surface area contributed by atoms with Gasteiger partial charge in [-0.3, -0.25) is 34.2 Å². The van der Waals surface area contributed by atoms with Gasteiger partial charge in [-0.15, -0.1) is 0 Å². The van der Waals surface area contributed by atoms with Gasteiger partial charge in [-0.05, 0) is 113 Å². The third-order valence-electron chi connectivity index (χ3n) is 13.5. The number of rotatable bonds is 8. The molecule has 7 aliphatic rings. The van der Waals surface area contributed by atoms with E-state index in [2.05, 4.69) is 15.5 Å². The van der Waals surface area contributed by atoms with Crippen molar-refractivity contribution in [1.82, 2.24) is 25.3 Å². The number of amides is 5. The Morgan fingerprint density at radius 2 is 1.62 bits per heavy atom. The predicted octanol–water partition coefficient (Wildman–Crippen LogP) is 1.72. The summed E-state index contributed by atoms with van der Waals surface area (Å²) in [6, 6.07) is 1.96. The molecule has 0 aromatic heterocycles. The van der Waals surface area contributed by atoms with Gasteiger partial charge in [-0.1, -0.05) is 0 Å². The third kappa shape index (κ3) is 6.02. The number of piperidine rings is 2. The van der Waals surface area contributed by atoms with Crippen molar-refractivity contribution in [2.45, 2.75) is 76.3 Å². The van der Waals surface area contributed by atoms with Gasteiger partial charge in [0, 0.05) is 57.6 Å². The average Bonchev–Trinajstić information content (AvgIpc) is 3.35. The molecule has 13 heteroatoms. The molecule has 1 aromatic carbocycles. The largest absolute Gasteiger partial charge is 0.366 e. The maximum Gasteiger partial charge on any atom is 0.262 e. The molecule has 270 valence electrons. The van der Waals surface area contributed by atoms with Crippen molar-refractivity contribution >= 4 is 35.2 Å². The summed E-state index contributed by atoms with van der Waals surface area (Å²) in [5.41, 5.74) is 6.84. The maximum atomic E-state index is 15.4. The maximum absolute atomic E-state index is 15.4. The van der Waals surface area contributed by atoms with Crippen LogP contribution in [-0.2, 0) is 14.4 Å². The van der Waals surface area contributed by atoms with Crippen molar-refractivity contribution in [1.29, 1.82) is 0 Å². The van der Waals surface area contributed by atoms with E-state index < -0.39 is 35.5 Å². The summed E-state index contributed by atoms with van der Waals surface area (Å²) in [4.78, 5) is 70.8. The molecule has 6 atom stereocenters. The first-order valence-electron chi connectivity index (χ1n) is 18.9. The fourth-order valence-corrected chi connectivity index (χ4v) is 10.7. The lowest BCUT2D eigenvalue weighted by molar-refractivity contribution is -0.138. The third-order valence-corrected chi connectivity index (χ3v) is 13.5. The highest BCUT2D eigenvalue weighted by atomic mass is 19.1. The topological polar surface area (TPSA) is 148 Å². The summed E-state index contributed by atoms with van der Waals surface area (Å²) in [5, 5.41) is 6.12. The van der Waals surface area contributed by atoms with Crippen LogP contribution in [0.3, 0.4) is 0 Å². The van der Waals surface area contributed by atoms with Gasteiger partial charge in [0.1, 0.15) is 11.9 Å². The zero-order valence-corrected chi connectivity index (χ0v) is 28.8. The number of benzene rings is 1. The van der Waals surface area contributed by atoms with Gasteiger partial charge in [0.05, 0.1) is 16.8 Å². The zero-order valence-electron chi connectivity index (χ0n) is 28.8. The Bertz CT molecular complexity index is 1570. The van der Waals surface area contributed by atoms with Crippen molar-refractivity contribution in [3.8, 4) is 0 Å². The molecule has 4 heterocycles. The molecule has 6 fully saturated rings. The van der Waals surface area contributed by atoms with Crippen LogP contribution in [0.15, 0.2) is 12.1 Å². The molecule has 0 radical (unpaired) electrons. The molecule has 50 heavy (non-hydrogen) atoms.